The third-order valence-electron chi connectivity index (χ3n) is 2.27. The number of hydrogen-bond donors (Lipinski definition) is 3. The second-order valence-electron chi connectivity index (χ2n) is 3.64. The lowest BCUT2D eigenvalue weighted by Gasteiger charge is -2.16. The van der Waals surface area contributed by atoms with E-state index in [9.17, 15) is 9.59 Å². The number of nitrogens with two attached hydrogens (primary N) is 1. The lowest BCUT2D eigenvalue weighted by molar-refractivity contribution is -0.129. The molecule has 2 atom stereocenters. The van der Waals surface area contributed by atoms with Gasteiger partial charge in [-0.2, -0.15) is 0 Å². The van der Waals surface area contributed by atoms with Crippen LogP contribution in [0.3, 0.4) is 0 Å². The molecule has 2 amide bonds. The molecule has 5 heteroatoms. The standard InChI is InChI=1S/C9H17N3O2/c1-6(10)8(13)12-7-4-2-3-5-11-9(7)14/h6-7H,2-5,10H2,1H3,(H,11,14)(H,12,13)/t6-,7-/m0/s1. The number of nitrogens with one attached hydrogen (secondary N) is 2. The molecule has 0 aromatic carbocycles. The lowest BCUT2D eigenvalue weighted by atomic mass is 10.1. The summed E-state index contributed by atoms with van der Waals surface area (Å²) in [4.78, 5) is 22.7. The number of hydrogen-bond acceptors (Lipinski definition) is 3. The van der Waals surface area contributed by atoms with Gasteiger partial charge in [0.2, 0.25) is 11.8 Å². The highest BCUT2D eigenvalue weighted by Crippen LogP contribution is 2.05. The van der Waals surface area contributed by atoms with Gasteiger partial charge < -0.3 is 16.4 Å². The molecule has 80 valence electrons. The average molecular weight is 199 g/mol. The molecule has 0 spiro atoms. The molecule has 1 saturated heterocycles. The fraction of sp³-hybridized carbons (Fsp3) is 0.778. The van der Waals surface area contributed by atoms with Gasteiger partial charge in [0.1, 0.15) is 6.04 Å². The van der Waals surface area contributed by atoms with Crippen LogP contribution in [0.5, 0.6) is 0 Å². The topological polar surface area (TPSA) is 84.2 Å². The summed E-state index contributed by atoms with van der Waals surface area (Å²) in [6.07, 6.45) is 2.61. The molecular formula is C9H17N3O2. The van der Waals surface area contributed by atoms with E-state index < -0.39 is 12.1 Å². The molecule has 5 nitrogen and oxygen atoms in total. The van der Waals surface area contributed by atoms with Crippen molar-refractivity contribution >= 4 is 11.8 Å². The normalized spacial score (nSPS) is 24.7. The minimum Gasteiger partial charge on any atom is -0.354 e. The quantitative estimate of drug-likeness (QED) is 0.540. The van der Waals surface area contributed by atoms with Crippen LogP contribution in [-0.2, 0) is 9.59 Å². The highest BCUT2D eigenvalue weighted by atomic mass is 16.2. The van der Waals surface area contributed by atoms with Crippen molar-refractivity contribution in [2.75, 3.05) is 6.54 Å². The minimum atomic E-state index is -0.564. The molecule has 4 N–H and O–H groups in total. The predicted octanol–water partition coefficient (Wildman–Crippen LogP) is -0.881. The number of rotatable bonds is 2. The van der Waals surface area contributed by atoms with E-state index >= 15 is 0 Å². The second-order valence-corrected chi connectivity index (χ2v) is 3.64. The summed E-state index contributed by atoms with van der Waals surface area (Å²) in [7, 11) is 0. The molecule has 0 aromatic heterocycles. The van der Waals surface area contributed by atoms with Crippen LogP contribution >= 0.6 is 0 Å². The van der Waals surface area contributed by atoms with Crippen LogP contribution in [0.2, 0.25) is 0 Å². The molecule has 0 radical (unpaired) electrons. The van der Waals surface area contributed by atoms with Crippen LogP contribution in [0, 0.1) is 0 Å². The van der Waals surface area contributed by atoms with Crippen molar-refractivity contribution in [2.45, 2.75) is 38.3 Å². The van der Waals surface area contributed by atoms with E-state index in [0.29, 0.717) is 13.0 Å². The monoisotopic (exact) mass is 199 g/mol. The SMILES string of the molecule is C[C@H](N)C(=O)N[C@H]1CCCCNC1=O. The van der Waals surface area contributed by atoms with E-state index in [1.807, 2.05) is 0 Å². The Morgan fingerprint density at radius 2 is 2.36 bits per heavy atom. The maximum Gasteiger partial charge on any atom is 0.242 e. The van der Waals surface area contributed by atoms with Crippen molar-refractivity contribution in [1.82, 2.24) is 10.6 Å². The average Bonchev–Trinajstić information content (AvgIpc) is 2.32. The maximum atomic E-state index is 11.4. The van der Waals surface area contributed by atoms with Crippen molar-refractivity contribution in [2.24, 2.45) is 5.73 Å². The van der Waals surface area contributed by atoms with E-state index in [2.05, 4.69) is 10.6 Å². The Hall–Kier alpha value is -1.10. The van der Waals surface area contributed by atoms with E-state index in [1.165, 1.54) is 0 Å². The molecule has 1 fully saturated rings. The summed E-state index contributed by atoms with van der Waals surface area (Å²) in [5.41, 5.74) is 5.39. The first-order chi connectivity index (χ1) is 6.61. The van der Waals surface area contributed by atoms with Gasteiger partial charge in [-0.1, -0.05) is 0 Å². The fourth-order valence-electron chi connectivity index (χ4n) is 1.38. The molecule has 14 heavy (non-hydrogen) atoms. The van der Waals surface area contributed by atoms with Crippen LogP contribution in [0.25, 0.3) is 0 Å². The molecule has 0 aromatic rings. The Labute approximate surface area is 83.4 Å². The van der Waals surface area contributed by atoms with Gasteiger partial charge in [0.15, 0.2) is 0 Å². The molecule has 0 saturated carbocycles. The second kappa shape index (κ2) is 4.95. The summed E-state index contributed by atoms with van der Waals surface area (Å²) in [6, 6.07) is -0.970. The Balaban J connectivity index is 2.48. The van der Waals surface area contributed by atoms with Crippen molar-refractivity contribution < 1.29 is 9.59 Å². The Morgan fingerprint density at radius 1 is 1.64 bits per heavy atom. The van der Waals surface area contributed by atoms with Crippen LogP contribution in [0.15, 0.2) is 0 Å². The van der Waals surface area contributed by atoms with Gasteiger partial charge in [-0.05, 0) is 26.2 Å². The Morgan fingerprint density at radius 3 is 3.00 bits per heavy atom. The smallest absolute Gasteiger partial charge is 0.242 e. The summed E-state index contributed by atoms with van der Waals surface area (Å²) < 4.78 is 0. The molecule has 0 aliphatic carbocycles. The van der Waals surface area contributed by atoms with Gasteiger partial charge >= 0.3 is 0 Å². The first kappa shape index (κ1) is 11.0. The van der Waals surface area contributed by atoms with E-state index in [0.717, 1.165) is 12.8 Å². The number of carbonyl (C=O) groups is 2. The van der Waals surface area contributed by atoms with Gasteiger partial charge in [0.25, 0.3) is 0 Å². The molecule has 1 aliphatic heterocycles. The van der Waals surface area contributed by atoms with Crippen molar-refractivity contribution in [3.8, 4) is 0 Å². The van der Waals surface area contributed by atoms with Crippen LogP contribution in [0.4, 0.5) is 0 Å². The number of carbonyl (C=O) groups excluding carboxylic acids is 2. The van der Waals surface area contributed by atoms with E-state index in [-0.39, 0.29) is 11.8 Å². The summed E-state index contributed by atoms with van der Waals surface area (Å²) >= 11 is 0. The Kier molecular flexibility index (Phi) is 3.88. The summed E-state index contributed by atoms with van der Waals surface area (Å²) in [6.45, 7) is 2.30. The van der Waals surface area contributed by atoms with Crippen molar-refractivity contribution in [3.63, 3.8) is 0 Å². The van der Waals surface area contributed by atoms with Crippen LogP contribution < -0.4 is 16.4 Å². The van der Waals surface area contributed by atoms with Gasteiger partial charge in [-0.25, -0.2) is 0 Å². The van der Waals surface area contributed by atoms with Crippen LogP contribution in [-0.4, -0.2) is 30.4 Å². The summed E-state index contributed by atoms with van der Waals surface area (Å²) in [5, 5.41) is 5.38. The van der Waals surface area contributed by atoms with E-state index in [1.54, 1.807) is 6.92 Å². The highest BCUT2D eigenvalue weighted by Gasteiger charge is 2.23. The third kappa shape index (κ3) is 2.99. The zero-order valence-electron chi connectivity index (χ0n) is 8.38. The van der Waals surface area contributed by atoms with Gasteiger partial charge in [-0.3, -0.25) is 9.59 Å². The highest BCUT2D eigenvalue weighted by molar-refractivity contribution is 5.89. The van der Waals surface area contributed by atoms with Crippen LogP contribution in [0.1, 0.15) is 26.2 Å². The summed E-state index contributed by atoms with van der Waals surface area (Å²) in [5.74, 6) is -0.372. The first-order valence-electron chi connectivity index (χ1n) is 4.95. The molecule has 1 aliphatic rings. The maximum absolute atomic E-state index is 11.4. The molecule has 0 bridgehead atoms. The Bertz CT molecular complexity index is 228. The first-order valence-corrected chi connectivity index (χ1v) is 4.95. The van der Waals surface area contributed by atoms with Crippen molar-refractivity contribution in [1.29, 1.82) is 0 Å². The van der Waals surface area contributed by atoms with Crippen molar-refractivity contribution in [3.05, 3.63) is 0 Å². The third-order valence-corrected chi connectivity index (χ3v) is 2.27. The largest absolute Gasteiger partial charge is 0.354 e. The lowest BCUT2D eigenvalue weighted by Crippen LogP contribution is -2.50. The van der Waals surface area contributed by atoms with E-state index in [4.69, 9.17) is 5.73 Å². The minimum absolute atomic E-state index is 0.100. The van der Waals surface area contributed by atoms with Gasteiger partial charge in [0.05, 0.1) is 6.04 Å². The predicted molar refractivity (Wildman–Crippen MR) is 52.4 cm³/mol. The zero-order valence-corrected chi connectivity index (χ0v) is 8.38. The molecular weight excluding hydrogens is 182 g/mol. The zero-order chi connectivity index (χ0) is 10.6. The van der Waals surface area contributed by atoms with Gasteiger partial charge in [0, 0.05) is 6.54 Å². The molecule has 1 heterocycles. The number of amides is 2. The van der Waals surface area contributed by atoms with Gasteiger partial charge in [-0.15, -0.1) is 0 Å². The fourth-order valence-corrected chi connectivity index (χ4v) is 1.38. The molecule has 1 rings (SSSR count). The molecule has 0 unspecified atom stereocenters.